The second-order valence-corrected chi connectivity index (χ2v) is 5.57. The first-order valence-electron chi connectivity index (χ1n) is 4.64. The van der Waals surface area contributed by atoms with Gasteiger partial charge in [0.25, 0.3) is 0 Å². The van der Waals surface area contributed by atoms with Gasteiger partial charge in [-0.05, 0) is 6.42 Å². The molecule has 7 heteroatoms. The zero-order chi connectivity index (χ0) is 11.3. The number of carbonyl (C=O) groups excluding carboxylic acids is 1. The number of aromatic amines is 1. The second kappa shape index (κ2) is 5.01. The highest BCUT2D eigenvalue weighted by Crippen LogP contribution is 2.01. The minimum absolute atomic E-state index is 0.0450. The smallest absolute Gasteiger partial charge is 0.199 e. The summed E-state index contributed by atoms with van der Waals surface area (Å²) < 4.78 is 22.2. The van der Waals surface area contributed by atoms with Gasteiger partial charge in [-0.2, -0.15) is 5.10 Å². The van der Waals surface area contributed by atoms with E-state index in [1.807, 2.05) is 0 Å². The van der Waals surface area contributed by atoms with Crippen molar-refractivity contribution in [3.8, 4) is 0 Å². The van der Waals surface area contributed by atoms with Crippen LogP contribution in [0.3, 0.4) is 0 Å². The van der Waals surface area contributed by atoms with Crippen molar-refractivity contribution in [1.29, 1.82) is 0 Å². The number of Topliss-reactive ketones (excluding diaryl/α,β-unsaturated/α-hetero) is 1. The van der Waals surface area contributed by atoms with Crippen LogP contribution in [0.1, 0.15) is 30.4 Å². The Morgan fingerprint density at radius 2 is 2.27 bits per heavy atom. The topological polar surface area (TPSA) is 92.8 Å². The van der Waals surface area contributed by atoms with E-state index in [9.17, 15) is 13.2 Å². The zero-order valence-electron chi connectivity index (χ0n) is 8.43. The number of nitrogens with one attached hydrogen (secondary N) is 1. The number of aromatic nitrogens is 3. The van der Waals surface area contributed by atoms with Crippen LogP contribution in [0.5, 0.6) is 0 Å². The van der Waals surface area contributed by atoms with Crippen molar-refractivity contribution in [2.45, 2.75) is 19.8 Å². The summed E-state index contributed by atoms with van der Waals surface area (Å²) in [6.07, 6.45) is 1.75. The first kappa shape index (κ1) is 11.8. The Morgan fingerprint density at radius 1 is 1.53 bits per heavy atom. The third kappa shape index (κ3) is 3.78. The quantitative estimate of drug-likeness (QED) is 0.706. The maximum atomic E-state index is 11.4. The van der Waals surface area contributed by atoms with Crippen LogP contribution in [0.25, 0.3) is 0 Å². The molecule has 1 N–H and O–H groups in total. The van der Waals surface area contributed by atoms with Gasteiger partial charge < -0.3 is 0 Å². The summed E-state index contributed by atoms with van der Waals surface area (Å²) in [4.78, 5) is 15.0. The Kier molecular flexibility index (Phi) is 3.96. The summed E-state index contributed by atoms with van der Waals surface area (Å²) in [5.74, 6) is 0.134. The number of sulfone groups is 1. The molecule has 1 aromatic rings. The molecule has 1 heterocycles. The monoisotopic (exact) mass is 231 g/mol. The molecule has 0 amide bonds. The molecule has 0 unspecified atom stereocenters. The number of hydrogen-bond acceptors (Lipinski definition) is 5. The number of nitrogens with zero attached hydrogens (tertiary/aromatic N) is 2. The molecule has 0 fully saturated rings. The van der Waals surface area contributed by atoms with Crippen LogP contribution in [-0.2, 0) is 9.84 Å². The highest BCUT2D eigenvalue weighted by Gasteiger charge is 2.12. The van der Waals surface area contributed by atoms with E-state index >= 15 is 0 Å². The van der Waals surface area contributed by atoms with E-state index in [4.69, 9.17) is 0 Å². The van der Waals surface area contributed by atoms with Crippen LogP contribution in [0.15, 0.2) is 6.33 Å². The van der Waals surface area contributed by atoms with Crippen molar-refractivity contribution in [1.82, 2.24) is 15.2 Å². The summed E-state index contributed by atoms with van der Waals surface area (Å²) in [5.41, 5.74) is 0. The molecule has 0 atom stereocenters. The summed E-state index contributed by atoms with van der Waals surface area (Å²) in [6.45, 7) is 1.59. The third-order valence-electron chi connectivity index (χ3n) is 1.98. The third-order valence-corrected chi connectivity index (χ3v) is 3.77. The van der Waals surface area contributed by atoms with Crippen molar-refractivity contribution in [2.24, 2.45) is 0 Å². The highest BCUT2D eigenvalue weighted by molar-refractivity contribution is 7.91. The van der Waals surface area contributed by atoms with Gasteiger partial charge in [0, 0.05) is 12.2 Å². The number of rotatable bonds is 6. The van der Waals surface area contributed by atoms with Crippen LogP contribution in [0, 0.1) is 0 Å². The molecule has 0 aliphatic carbocycles. The van der Waals surface area contributed by atoms with E-state index in [0.717, 1.165) is 0 Å². The molecule has 84 valence electrons. The lowest BCUT2D eigenvalue weighted by Crippen LogP contribution is -2.11. The molecular formula is C8H13N3O3S. The Morgan fingerprint density at radius 3 is 2.80 bits per heavy atom. The van der Waals surface area contributed by atoms with Crippen molar-refractivity contribution >= 4 is 15.6 Å². The lowest BCUT2D eigenvalue weighted by atomic mass is 10.2. The molecule has 0 bridgehead atoms. The van der Waals surface area contributed by atoms with Gasteiger partial charge in [0.15, 0.2) is 11.6 Å². The van der Waals surface area contributed by atoms with Gasteiger partial charge in [-0.15, -0.1) is 0 Å². The van der Waals surface area contributed by atoms with E-state index in [2.05, 4.69) is 15.2 Å². The number of H-pyrrole nitrogens is 1. The lowest BCUT2D eigenvalue weighted by Gasteiger charge is -1.99. The Bertz CT molecular complexity index is 410. The van der Waals surface area contributed by atoms with Gasteiger partial charge in [0.05, 0.1) is 5.75 Å². The van der Waals surface area contributed by atoms with Crippen LogP contribution in [0.2, 0.25) is 0 Å². The summed E-state index contributed by atoms with van der Waals surface area (Å²) in [7, 11) is -2.98. The number of ketones is 1. The zero-order valence-corrected chi connectivity index (χ0v) is 9.25. The number of hydrogen-bond donors (Lipinski definition) is 1. The van der Waals surface area contributed by atoms with Gasteiger partial charge in [0.1, 0.15) is 16.2 Å². The fourth-order valence-corrected chi connectivity index (χ4v) is 1.93. The van der Waals surface area contributed by atoms with Crippen molar-refractivity contribution in [3.63, 3.8) is 0 Å². The Balaban J connectivity index is 2.36. The van der Waals surface area contributed by atoms with Crippen molar-refractivity contribution < 1.29 is 13.2 Å². The van der Waals surface area contributed by atoms with E-state index < -0.39 is 9.84 Å². The van der Waals surface area contributed by atoms with Gasteiger partial charge in [-0.1, -0.05) is 6.92 Å². The summed E-state index contributed by atoms with van der Waals surface area (Å²) in [6, 6.07) is 0. The minimum Gasteiger partial charge on any atom is -0.291 e. The summed E-state index contributed by atoms with van der Waals surface area (Å²) >= 11 is 0. The molecule has 0 aliphatic heterocycles. The van der Waals surface area contributed by atoms with E-state index in [0.29, 0.717) is 6.42 Å². The summed E-state index contributed by atoms with van der Waals surface area (Å²) in [5, 5.41) is 5.98. The predicted octanol–water partition coefficient (Wildman–Crippen LogP) is 0.202. The van der Waals surface area contributed by atoms with Gasteiger partial charge >= 0.3 is 0 Å². The van der Waals surface area contributed by atoms with Crippen LogP contribution >= 0.6 is 0 Å². The van der Waals surface area contributed by atoms with E-state index in [1.165, 1.54) is 6.33 Å². The SMILES string of the molecule is CCS(=O)(=O)CCCC(=O)c1ncn[nH]1. The Labute approximate surface area is 88.0 Å². The first-order valence-corrected chi connectivity index (χ1v) is 6.46. The molecule has 0 spiro atoms. The lowest BCUT2D eigenvalue weighted by molar-refractivity contribution is 0.0972. The van der Waals surface area contributed by atoms with E-state index in [-0.39, 0.29) is 29.5 Å². The normalized spacial score (nSPS) is 11.5. The van der Waals surface area contributed by atoms with Gasteiger partial charge in [-0.3, -0.25) is 9.89 Å². The number of carbonyl (C=O) groups is 1. The first-order chi connectivity index (χ1) is 7.05. The maximum Gasteiger partial charge on any atom is 0.199 e. The standard InChI is InChI=1S/C8H13N3O3S/c1-2-15(13,14)5-3-4-7(12)8-9-6-10-11-8/h6H,2-5H2,1H3,(H,9,10,11). The molecule has 1 rings (SSSR count). The molecule has 6 nitrogen and oxygen atoms in total. The fourth-order valence-electron chi connectivity index (χ4n) is 1.06. The van der Waals surface area contributed by atoms with Gasteiger partial charge in [-0.25, -0.2) is 13.4 Å². The predicted molar refractivity (Wildman–Crippen MR) is 54.3 cm³/mol. The van der Waals surface area contributed by atoms with Crippen molar-refractivity contribution in [3.05, 3.63) is 12.2 Å². The molecule has 0 saturated carbocycles. The molecular weight excluding hydrogens is 218 g/mol. The molecule has 15 heavy (non-hydrogen) atoms. The van der Waals surface area contributed by atoms with Crippen LogP contribution in [0.4, 0.5) is 0 Å². The molecule has 0 radical (unpaired) electrons. The molecule has 0 aliphatic rings. The van der Waals surface area contributed by atoms with Gasteiger partial charge in [0.2, 0.25) is 0 Å². The largest absolute Gasteiger partial charge is 0.291 e. The van der Waals surface area contributed by atoms with E-state index in [1.54, 1.807) is 6.92 Å². The minimum atomic E-state index is -2.98. The van der Waals surface area contributed by atoms with Crippen molar-refractivity contribution in [2.75, 3.05) is 11.5 Å². The average molecular weight is 231 g/mol. The van der Waals surface area contributed by atoms with Crippen LogP contribution < -0.4 is 0 Å². The Hall–Kier alpha value is -1.24. The second-order valence-electron chi connectivity index (χ2n) is 3.10. The highest BCUT2D eigenvalue weighted by atomic mass is 32.2. The molecule has 0 aromatic carbocycles. The average Bonchev–Trinajstić information content (AvgIpc) is 2.70. The maximum absolute atomic E-state index is 11.4. The molecule has 1 aromatic heterocycles. The fraction of sp³-hybridized carbons (Fsp3) is 0.625. The van der Waals surface area contributed by atoms with Crippen LogP contribution in [-0.4, -0.2) is 40.9 Å². The molecule has 0 saturated heterocycles.